The van der Waals surface area contributed by atoms with Crippen LogP contribution in [0.25, 0.3) is 0 Å². The maximum Gasteiger partial charge on any atom is 0.295 e. The second-order valence-corrected chi connectivity index (χ2v) is 7.23. The van der Waals surface area contributed by atoms with Crippen molar-refractivity contribution < 1.29 is 18.8 Å². The van der Waals surface area contributed by atoms with Gasteiger partial charge in [-0.25, -0.2) is 4.39 Å². The molecule has 2 heterocycles. The highest BCUT2D eigenvalue weighted by Crippen LogP contribution is 2.13. The van der Waals surface area contributed by atoms with Crippen LogP contribution in [0.3, 0.4) is 0 Å². The van der Waals surface area contributed by atoms with Crippen molar-refractivity contribution in [3.8, 4) is 0 Å². The van der Waals surface area contributed by atoms with Crippen LogP contribution in [0, 0.1) is 5.82 Å². The minimum Gasteiger partial charge on any atom is -0.334 e. The molecule has 1 saturated heterocycles. The predicted molar refractivity (Wildman–Crippen MR) is 101 cm³/mol. The van der Waals surface area contributed by atoms with E-state index in [1.54, 1.807) is 22.4 Å². The second-order valence-electron chi connectivity index (χ2n) is 6.28. The highest BCUT2D eigenvalue weighted by atomic mass is 32.1. The topological polar surface area (TPSA) is 69.7 Å². The summed E-state index contributed by atoms with van der Waals surface area (Å²) in [6, 6.07) is 8.98. The van der Waals surface area contributed by atoms with Crippen LogP contribution in [0.2, 0.25) is 0 Å². The smallest absolute Gasteiger partial charge is 0.295 e. The summed E-state index contributed by atoms with van der Waals surface area (Å²) in [6.45, 7) is 2.25. The molecule has 3 rings (SSSR count). The van der Waals surface area contributed by atoms with Crippen LogP contribution < -0.4 is 5.32 Å². The average molecular weight is 389 g/mol. The lowest BCUT2D eigenvalue weighted by Gasteiger charge is -2.21. The van der Waals surface area contributed by atoms with Gasteiger partial charge < -0.3 is 10.2 Å². The molecule has 1 fully saturated rings. The zero-order chi connectivity index (χ0) is 19.2. The molecule has 0 radical (unpaired) electrons. The van der Waals surface area contributed by atoms with E-state index < -0.39 is 11.7 Å². The number of amides is 2. The Balaban J connectivity index is 1.50. The Morgan fingerprint density at radius 2 is 1.81 bits per heavy atom. The lowest BCUT2D eigenvalue weighted by molar-refractivity contribution is -0.126. The van der Waals surface area contributed by atoms with Gasteiger partial charge in [0.15, 0.2) is 0 Å². The monoisotopic (exact) mass is 389 g/mol. The van der Waals surface area contributed by atoms with Gasteiger partial charge in [0.2, 0.25) is 5.91 Å². The first kappa shape index (κ1) is 19.2. The van der Waals surface area contributed by atoms with Gasteiger partial charge in [0.1, 0.15) is 5.82 Å². The van der Waals surface area contributed by atoms with Crippen LogP contribution in [0.15, 0.2) is 41.8 Å². The third kappa shape index (κ3) is 5.21. The number of Topliss-reactive ketones (excluding diaryl/α,β-unsaturated/α-hetero) is 1. The number of rotatable bonds is 5. The van der Waals surface area contributed by atoms with Crippen molar-refractivity contribution in [2.24, 2.45) is 0 Å². The van der Waals surface area contributed by atoms with Crippen LogP contribution in [0.5, 0.6) is 0 Å². The summed E-state index contributed by atoms with van der Waals surface area (Å²) in [5.41, 5.74) is 0.537. The van der Waals surface area contributed by atoms with Crippen molar-refractivity contribution in [1.82, 2.24) is 9.80 Å². The fraction of sp³-hybridized carbons (Fsp3) is 0.316. The summed E-state index contributed by atoms with van der Waals surface area (Å²) in [5.74, 6) is -1.53. The molecule has 6 nitrogen and oxygen atoms in total. The van der Waals surface area contributed by atoms with E-state index in [4.69, 9.17) is 0 Å². The van der Waals surface area contributed by atoms with Gasteiger partial charge in [0.25, 0.3) is 11.7 Å². The standard InChI is InChI=1S/C19H20FN3O3S/c20-14-4-6-15(7-5-14)21-17(24)13-22-8-2-9-23(11-10-22)19(26)18(25)16-3-1-12-27-16/h1,3-7,12H,2,8-11,13H2,(H,21,24). The van der Waals surface area contributed by atoms with Crippen LogP contribution >= 0.6 is 11.3 Å². The maximum atomic E-state index is 12.9. The van der Waals surface area contributed by atoms with E-state index in [-0.39, 0.29) is 18.3 Å². The quantitative estimate of drug-likeness (QED) is 0.629. The summed E-state index contributed by atoms with van der Waals surface area (Å²) < 4.78 is 12.9. The number of thiophene rings is 1. The zero-order valence-corrected chi connectivity index (χ0v) is 15.5. The van der Waals surface area contributed by atoms with E-state index >= 15 is 0 Å². The molecule has 2 aromatic rings. The minimum absolute atomic E-state index is 0.179. The third-order valence-corrected chi connectivity index (χ3v) is 5.18. The van der Waals surface area contributed by atoms with E-state index in [2.05, 4.69) is 5.32 Å². The molecule has 1 aromatic carbocycles. The Bertz CT molecular complexity index is 808. The van der Waals surface area contributed by atoms with E-state index in [1.807, 2.05) is 4.90 Å². The van der Waals surface area contributed by atoms with Crippen molar-refractivity contribution in [3.63, 3.8) is 0 Å². The normalized spacial score (nSPS) is 15.2. The van der Waals surface area contributed by atoms with Crippen LogP contribution in [0.4, 0.5) is 10.1 Å². The number of benzene rings is 1. The molecule has 1 aliphatic heterocycles. The minimum atomic E-state index is -0.491. The molecule has 0 unspecified atom stereocenters. The van der Waals surface area contributed by atoms with Crippen LogP contribution in [-0.4, -0.2) is 60.1 Å². The van der Waals surface area contributed by atoms with E-state index in [1.165, 1.54) is 35.6 Å². The SMILES string of the molecule is O=C(CN1CCCN(C(=O)C(=O)c2cccs2)CC1)Nc1ccc(F)cc1. The molecule has 0 saturated carbocycles. The molecular weight excluding hydrogens is 369 g/mol. The van der Waals surface area contributed by atoms with Crippen molar-refractivity contribution in [1.29, 1.82) is 0 Å². The lowest BCUT2D eigenvalue weighted by atomic mass is 10.2. The summed E-state index contributed by atoms with van der Waals surface area (Å²) in [4.78, 5) is 40.7. The molecule has 0 aliphatic carbocycles. The number of ketones is 1. The summed E-state index contributed by atoms with van der Waals surface area (Å²) in [7, 11) is 0. The van der Waals surface area contributed by atoms with Gasteiger partial charge in [-0.1, -0.05) is 6.07 Å². The molecule has 8 heteroatoms. The number of hydrogen-bond donors (Lipinski definition) is 1. The van der Waals surface area contributed by atoms with Crippen LogP contribution in [0.1, 0.15) is 16.1 Å². The number of carbonyl (C=O) groups excluding carboxylic acids is 3. The molecule has 1 aliphatic rings. The molecule has 0 atom stereocenters. The molecule has 142 valence electrons. The molecule has 0 bridgehead atoms. The predicted octanol–water partition coefficient (Wildman–Crippen LogP) is 2.24. The first-order valence-corrected chi connectivity index (χ1v) is 9.56. The number of nitrogens with zero attached hydrogens (tertiary/aromatic N) is 2. The van der Waals surface area contributed by atoms with Gasteiger partial charge in [0, 0.05) is 31.9 Å². The third-order valence-electron chi connectivity index (χ3n) is 4.31. The molecule has 1 N–H and O–H groups in total. The van der Waals surface area contributed by atoms with E-state index in [0.29, 0.717) is 43.2 Å². The van der Waals surface area contributed by atoms with Crippen molar-refractivity contribution in [2.45, 2.75) is 6.42 Å². The van der Waals surface area contributed by atoms with Gasteiger partial charge in [-0.3, -0.25) is 19.3 Å². The van der Waals surface area contributed by atoms with Crippen molar-refractivity contribution in [3.05, 3.63) is 52.5 Å². The summed E-state index contributed by atoms with van der Waals surface area (Å²) >= 11 is 1.26. The number of hydrogen-bond acceptors (Lipinski definition) is 5. The Hall–Kier alpha value is -2.58. The highest BCUT2D eigenvalue weighted by molar-refractivity contribution is 7.13. The number of nitrogens with one attached hydrogen (secondary N) is 1. The largest absolute Gasteiger partial charge is 0.334 e. The summed E-state index contributed by atoms with van der Waals surface area (Å²) in [6.07, 6.45) is 0.688. The number of anilines is 1. The summed E-state index contributed by atoms with van der Waals surface area (Å²) in [5, 5.41) is 4.50. The van der Waals surface area contributed by atoms with Gasteiger partial charge in [-0.2, -0.15) is 0 Å². The maximum absolute atomic E-state index is 12.9. The Morgan fingerprint density at radius 1 is 1.04 bits per heavy atom. The Labute approximate surface area is 160 Å². The molecule has 1 aromatic heterocycles. The van der Waals surface area contributed by atoms with E-state index in [9.17, 15) is 18.8 Å². The van der Waals surface area contributed by atoms with Crippen molar-refractivity contribution in [2.75, 3.05) is 38.0 Å². The number of halogens is 1. The van der Waals surface area contributed by atoms with Crippen LogP contribution in [-0.2, 0) is 9.59 Å². The highest BCUT2D eigenvalue weighted by Gasteiger charge is 2.26. The first-order chi connectivity index (χ1) is 13.0. The Morgan fingerprint density at radius 3 is 2.52 bits per heavy atom. The van der Waals surface area contributed by atoms with E-state index in [0.717, 1.165) is 0 Å². The fourth-order valence-corrected chi connectivity index (χ4v) is 3.58. The molecule has 0 spiro atoms. The molecule has 2 amide bonds. The zero-order valence-electron chi connectivity index (χ0n) is 14.7. The van der Waals surface area contributed by atoms with Gasteiger partial charge in [0.05, 0.1) is 11.4 Å². The van der Waals surface area contributed by atoms with Gasteiger partial charge in [-0.05, 0) is 42.1 Å². The van der Waals surface area contributed by atoms with Gasteiger partial charge in [-0.15, -0.1) is 11.3 Å². The average Bonchev–Trinajstić information content (AvgIpc) is 3.10. The second kappa shape index (κ2) is 8.88. The molecular formula is C19H20FN3O3S. The first-order valence-electron chi connectivity index (χ1n) is 8.68. The van der Waals surface area contributed by atoms with Crippen molar-refractivity contribution >= 4 is 34.6 Å². The lowest BCUT2D eigenvalue weighted by Crippen LogP contribution is -2.40. The Kier molecular flexibility index (Phi) is 6.31. The van der Waals surface area contributed by atoms with Gasteiger partial charge >= 0.3 is 0 Å². The number of carbonyl (C=O) groups is 3. The molecule has 27 heavy (non-hydrogen) atoms. The fourth-order valence-electron chi connectivity index (χ4n) is 2.93.